The zero-order chi connectivity index (χ0) is 20.9. The number of amides is 5. The van der Waals surface area contributed by atoms with Crippen LogP contribution in [0.2, 0.25) is 0 Å². The minimum absolute atomic E-state index is 0.324. The first-order chi connectivity index (χ1) is 13.2. The summed E-state index contributed by atoms with van der Waals surface area (Å²) < 4.78 is 5.10. The standard InChI is InChI=1S/C19H26N4O5/c1-5-10-20-16(25)12(2)21-15(24)11-23-17(26)19(3,22-18(23)27)13-6-8-14(28-4)9-7-13/h6-9,12H,5,10-11H2,1-4H3,(H,20,25)(H,21,24)(H,22,27)/t12-,19+/m1/s1. The first-order valence-corrected chi connectivity index (χ1v) is 9.08. The van der Waals surface area contributed by atoms with E-state index in [1.807, 2.05) is 6.92 Å². The maximum absolute atomic E-state index is 12.8. The molecule has 9 heteroatoms. The third kappa shape index (κ3) is 4.41. The lowest BCUT2D eigenvalue weighted by Crippen LogP contribution is -2.49. The Morgan fingerprint density at radius 3 is 2.46 bits per heavy atom. The van der Waals surface area contributed by atoms with E-state index in [4.69, 9.17) is 4.74 Å². The highest BCUT2D eigenvalue weighted by Gasteiger charge is 2.49. The smallest absolute Gasteiger partial charge is 0.325 e. The number of hydrogen-bond acceptors (Lipinski definition) is 5. The van der Waals surface area contributed by atoms with E-state index in [-0.39, 0.29) is 5.91 Å². The van der Waals surface area contributed by atoms with Gasteiger partial charge in [-0.3, -0.25) is 19.3 Å². The number of nitrogens with one attached hydrogen (secondary N) is 3. The van der Waals surface area contributed by atoms with E-state index in [1.165, 1.54) is 14.0 Å². The number of methoxy groups -OCH3 is 1. The van der Waals surface area contributed by atoms with E-state index in [9.17, 15) is 19.2 Å². The van der Waals surface area contributed by atoms with E-state index in [2.05, 4.69) is 16.0 Å². The normalized spacial score (nSPS) is 19.8. The van der Waals surface area contributed by atoms with Crippen molar-refractivity contribution in [1.29, 1.82) is 0 Å². The number of imide groups is 1. The van der Waals surface area contributed by atoms with Gasteiger partial charge in [-0.2, -0.15) is 0 Å². The first-order valence-electron chi connectivity index (χ1n) is 9.08. The fraction of sp³-hybridized carbons (Fsp3) is 0.474. The average Bonchev–Trinajstić information content (AvgIpc) is 2.90. The molecule has 0 aromatic heterocycles. The van der Waals surface area contributed by atoms with Crippen molar-refractivity contribution in [3.05, 3.63) is 29.8 Å². The van der Waals surface area contributed by atoms with Crippen LogP contribution in [0.15, 0.2) is 24.3 Å². The minimum Gasteiger partial charge on any atom is -0.497 e. The lowest BCUT2D eigenvalue weighted by atomic mass is 9.92. The Labute approximate surface area is 163 Å². The van der Waals surface area contributed by atoms with Gasteiger partial charge in [0.15, 0.2) is 0 Å². The Kier molecular flexibility index (Phi) is 6.61. The third-order valence-corrected chi connectivity index (χ3v) is 4.56. The van der Waals surface area contributed by atoms with Gasteiger partial charge in [-0.15, -0.1) is 0 Å². The van der Waals surface area contributed by atoms with Gasteiger partial charge >= 0.3 is 6.03 Å². The topological polar surface area (TPSA) is 117 Å². The summed E-state index contributed by atoms with van der Waals surface area (Å²) in [5.41, 5.74) is -0.713. The molecule has 152 valence electrons. The first kappa shape index (κ1) is 21.2. The summed E-state index contributed by atoms with van der Waals surface area (Å²) in [4.78, 5) is 50.1. The molecule has 0 unspecified atom stereocenters. The maximum atomic E-state index is 12.8. The van der Waals surface area contributed by atoms with Crippen molar-refractivity contribution in [2.24, 2.45) is 0 Å². The average molecular weight is 390 g/mol. The van der Waals surface area contributed by atoms with Gasteiger partial charge in [0.1, 0.15) is 23.9 Å². The second-order valence-corrected chi connectivity index (χ2v) is 6.76. The highest BCUT2D eigenvalue weighted by atomic mass is 16.5. The van der Waals surface area contributed by atoms with Gasteiger partial charge in [-0.25, -0.2) is 4.79 Å². The van der Waals surface area contributed by atoms with Crippen molar-refractivity contribution in [3.63, 3.8) is 0 Å². The molecule has 0 saturated carbocycles. The number of ether oxygens (including phenoxy) is 1. The van der Waals surface area contributed by atoms with E-state index in [0.717, 1.165) is 11.3 Å². The predicted molar refractivity (Wildman–Crippen MR) is 101 cm³/mol. The summed E-state index contributed by atoms with van der Waals surface area (Å²) in [6.07, 6.45) is 0.777. The van der Waals surface area contributed by atoms with Crippen molar-refractivity contribution in [3.8, 4) is 5.75 Å². The second-order valence-electron chi connectivity index (χ2n) is 6.76. The van der Waals surface area contributed by atoms with Crippen molar-refractivity contribution in [2.75, 3.05) is 20.2 Å². The Balaban J connectivity index is 2.04. The molecule has 0 radical (unpaired) electrons. The number of nitrogens with zero attached hydrogens (tertiary/aromatic N) is 1. The maximum Gasteiger partial charge on any atom is 0.325 e. The van der Waals surface area contributed by atoms with Gasteiger partial charge in [-0.05, 0) is 38.0 Å². The molecule has 0 spiro atoms. The Morgan fingerprint density at radius 1 is 1.25 bits per heavy atom. The fourth-order valence-electron chi connectivity index (χ4n) is 2.86. The molecule has 2 atom stereocenters. The van der Waals surface area contributed by atoms with Crippen LogP contribution in [0.3, 0.4) is 0 Å². The molecule has 0 bridgehead atoms. The Morgan fingerprint density at radius 2 is 1.89 bits per heavy atom. The molecule has 5 amide bonds. The molecule has 0 aliphatic carbocycles. The summed E-state index contributed by atoms with van der Waals surface area (Å²) >= 11 is 0. The largest absolute Gasteiger partial charge is 0.497 e. The van der Waals surface area contributed by atoms with Crippen LogP contribution in [0.25, 0.3) is 0 Å². The Bertz CT molecular complexity index is 764. The van der Waals surface area contributed by atoms with E-state index in [1.54, 1.807) is 31.2 Å². The molecule has 3 N–H and O–H groups in total. The van der Waals surface area contributed by atoms with Gasteiger partial charge in [0.05, 0.1) is 7.11 Å². The SMILES string of the molecule is CCCNC(=O)[C@@H](C)NC(=O)CN1C(=O)N[C@@](C)(c2ccc(OC)cc2)C1=O. The highest BCUT2D eigenvalue weighted by Crippen LogP contribution is 2.29. The summed E-state index contributed by atoms with van der Waals surface area (Å²) in [6.45, 7) is 5.07. The van der Waals surface area contributed by atoms with Crippen LogP contribution >= 0.6 is 0 Å². The monoisotopic (exact) mass is 390 g/mol. The zero-order valence-corrected chi connectivity index (χ0v) is 16.5. The number of urea groups is 1. The molecule has 1 aromatic carbocycles. The summed E-state index contributed by atoms with van der Waals surface area (Å²) in [5.74, 6) is -0.839. The highest BCUT2D eigenvalue weighted by molar-refractivity contribution is 6.09. The van der Waals surface area contributed by atoms with Crippen LogP contribution in [0.5, 0.6) is 5.75 Å². The molecule has 1 aromatic rings. The van der Waals surface area contributed by atoms with E-state index in [0.29, 0.717) is 17.9 Å². The van der Waals surface area contributed by atoms with Gasteiger partial charge in [0.25, 0.3) is 5.91 Å². The molecule has 1 fully saturated rings. The summed E-state index contributed by atoms with van der Waals surface area (Å²) in [5, 5.41) is 7.80. The molecular formula is C19H26N4O5. The van der Waals surface area contributed by atoms with Crippen LogP contribution in [-0.4, -0.2) is 54.9 Å². The van der Waals surface area contributed by atoms with Crippen LogP contribution in [-0.2, 0) is 19.9 Å². The van der Waals surface area contributed by atoms with Gasteiger partial charge < -0.3 is 20.7 Å². The van der Waals surface area contributed by atoms with Gasteiger partial charge in [-0.1, -0.05) is 19.1 Å². The molecule has 1 aliphatic heterocycles. The lowest BCUT2D eigenvalue weighted by Gasteiger charge is -2.22. The van der Waals surface area contributed by atoms with Crippen LogP contribution in [0.4, 0.5) is 4.79 Å². The predicted octanol–water partition coefficient (Wildman–Crippen LogP) is 0.493. The van der Waals surface area contributed by atoms with Crippen molar-refractivity contribution < 1.29 is 23.9 Å². The number of carbonyl (C=O) groups excluding carboxylic acids is 4. The third-order valence-electron chi connectivity index (χ3n) is 4.56. The summed E-state index contributed by atoms with van der Waals surface area (Å²) in [7, 11) is 1.53. The quantitative estimate of drug-likeness (QED) is 0.559. The summed E-state index contributed by atoms with van der Waals surface area (Å²) in [6, 6.07) is 5.30. The molecule has 9 nitrogen and oxygen atoms in total. The number of carbonyl (C=O) groups is 4. The second kappa shape index (κ2) is 8.73. The molecule has 1 saturated heterocycles. The van der Waals surface area contributed by atoms with Gasteiger partial charge in [0.2, 0.25) is 11.8 Å². The number of benzene rings is 1. The fourth-order valence-corrected chi connectivity index (χ4v) is 2.86. The molecule has 28 heavy (non-hydrogen) atoms. The van der Waals surface area contributed by atoms with Crippen LogP contribution in [0.1, 0.15) is 32.8 Å². The van der Waals surface area contributed by atoms with E-state index >= 15 is 0 Å². The molecule has 1 aliphatic rings. The minimum atomic E-state index is -1.28. The van der Waals surface area contributed by atoms with Crippen molar-refractivity contribution in [1.82, 2.24) is 20.9 Å². The van der Waals surface area contributed by atoms with Crippen molar-refractivity contribution >= 4 is 23.8 Å². The number of rotatable bonds is 8. The Hall–Kier alpha value is -3.10. The zero-order valence-electron chi connectivity index (χ0n) is 16.5. The molecule has 1 heterocycles. The van der Waals surface area contributed by atoms with E-state index < -0.39 is 36.0 Å². The van der Waals surface area contributed by atoms with Crippen LogP contribution in [0, 0.1) is 0 Å². The van der Waals surface area contributed by atoms with Crippen molar-refractivity contribution in [2.45, 2.75) is 38.8 Å². The van der Waals surface area contributed by atoms with Gasteiger partial charge in [0, 0.05) is 6.54 Å². The lowest BCUT2D eigenvalue weighted by molar-refractivity contribution is -0.135. The molecular weight excluding hydrogens is 364 g/mol. The number of hydrogen-bond donors (Lipinski definition) is 3. The molecule has 2 rings (SSSR count). The van der Waals surface area contributed by atoms with Crippen LogP contribution < -0.4 is 20.7 Å².